The van der Waals surface area contributed by atoms with Gasteiger partial charge in [-0.3, -0.25) is 14.9 Å². The van der Waals surface area contributed by atoms with Crippen molar-refractivity contribution >= 4 is 22.9 Å². The Kier molecular flexibility index (Phi) is 6.67. The summed E-state index contributed by atoms with van der Waals surface area (Å²) in [5, 5.41) is 17.9. The van der Waals surface area contributed by atoms with E-state index in [2.05, 4.69) is 15.4 Å². The molecule has 1 N–H and O–H groups in total. The number of nitrogens with one attached hydrogen (secondary N) is 1. The predicted octanol–water partition coefficient (Wildman–Crippen LogP) is 6.73. The Labute approximate surface area is 218 Å². The molecule has 0 saturated carbocycles. The van der Waals surface area contributed by atoms with Crippen molar-refractivity contribution in [1.82, 2.24) is 14.6 Å². The number of carbonyl (C=O) groups excluding carboxylic acids is 1. The topological polar surface area (TPSA) is 112 Å². The maximum atomic E-state index is 13.9. The van der Waals surface area contributed by atoms with Crippen LogP contribution in [-0.4, -0.2) is 25.4 Å². The van der Waals surface area contributed by atoms with Gasteiger partial charge in [0.2, 0.25) is 0 Å². The van der Waals surface area contributed by atoms with Crippen LogP contribution in [0.2, 0.25) is 0 Å². The predicted molar refractivity (Wildman–Crippen MR) is 136 cm³/mol. The summed E-state index contributed by atoms with van der Waals surface area (Å²) in [6.45, 7) is 1.86. The molecule has 3 aromatic carbocycles. The van der Waals surface area contributed by atoms with Gasteiger partial charge in [-0.25, -0.2) is 22.7 Å². The molecule has 196 valence electrons. The minimum atomic E-state index is -2.95. The highest BCUT2D eigenvalue weighted by Gasteiger charge is 2.22. The lowest BCUT2D eigenvalue weighted by Crippen LogP contribution is -2.13. The number of anilines is 1. The average Bonchev–Trinajstić information content (AvgIpc) is 3.32. The van der Waals surface area contributed by atoms with Crippen molar-refractivity contribution in [2.75, 3.05) is 5.32 Å². The molecule has 5 aromatic rings. The second-order valence-electron chi connectivity index (χ2n) is 8.51. The van der Waals surface area contributed by atoms with Crippen LogP contribution in [0.5, 0.6) is 11.5 Å². The van der Waals surface area contributed by atoms with Crippen molar-refractivity contribution in [2.24, 2.45) is 0 Å². The molecule has 0 saturated heterocycles. The van der Waals surface area contributed by atoms with E-state index < -0.39 is 28.8 Å². The summed E-state index contributed by atoms with van der Waals surface area (Å²) < 4.78 is 47.7. The number of amides is 1. The first-order chi connectivity index (χ1) is 18.7. The number of carbonyl (C=O) groups is 1. The van der Waals surface area contributed by atoms with Crippen LogP contribution in [0.1, 0.15) is 28.0 Å². The van der Waals surface area contributed by atoms with Gasteiger partial charge in [-0.05, 0) is 55.0 Å². The van der Waals surface area contributed by atoms with E-state index in [1.807, 2.05) is 13.0 Å². The highest BCUT2D eigenvalue weighted by molar-refractivity contribution is 6.08. The fourth-order valence-electron chi connectivity index (χ4n) is 3.90. The number of nitro groups is 1. The first-order valence-electron chi connectivity index (χ1n) is 11.5. The number of aryl methyl sites for hydroxylation is 1. The number of benzene rings is 3. The van der Waals surface area contributed by atoms with Crippen LogP contribution in [0.15, 0.2) is 79.0 Å². The molecule has 2 heterocycles. The maximum Gasteiger partial charge on any atom is 0.280 e. The zero-order valence-corrected chi connectivity index (χ0v) is 20.1. The van der Waals surface area contributed by atoms with Crippen LogP contribution in [-0.2, 0) is 0 Å². The molecule has 0 fully saturated rings. The van der Waals surface area contributed by atoms with Crippen molar-refractivity contribution in [3.05, 3.63) is 112 Å². The Morgan fingerprint density at radius 2 is 1.82 bits per heavy atom. The maximum absolute atomic E-state index is 13.9. The summed E-state index contributed by atoms with van der Waals surface area (Å²) in [6, 6.07) is 16.9. The number of hydrogen-bond acceptors (Lipinski definition) is 6. The number of fused-ring (bicyclic) bond motifs is 1. The van der Waals surface area contributed by atoms with Crippen LogP contribution in [0.3, 0.4) is 0 Å². The van der Waals surface area contributed by atoms with Crippen LogP contribution in [0, 0.1) is 22.9 Å². The number of nitrogens with zero attached hydrogens (tertiary/aromatic N) is 4. The lowest BCUT2D eigenvalue weighted by Gasteiger charge is -2.10. The smallest absolute Gasteiger partial charge is 0.280 e. The average molecular weight is 533 g/mol. The largest absolute Gasteiger partial charge is 0.457 e. The summed E-state index contributed by atoms with van der Waals surface area (Å²) >= 11 is 0. The lowest BCUT2D eigenvalue weighted by molar-refractivity contribution is -0.384. The van der Waals surface area contributed by atoms with E-state index in [0.29, 0.717) is 11.3 Å². The van der Waals surface area contributed by atoms with Crippen molar-refractivity contribution in [1.29, 1.82) is 0 Å². The number of alkyl halides is 2. The Morgan fingerprint density at radius 3 is 2.51 bits per heavy atom. The molecular formula is C27H18F3N5O4. The Hall–Kier alpha value is -5.26. The number of aromatic nitrogens is 3. The zero-order chi connectivity index (χ0) is 27.7. The van der Waals surface area contributed by atoms with Gasteiger partial charge in [-0.15, -0.1) is 0 Å². The summed E-state index contributed by atoms with van der Waals surface area (Å²) in [5.41, 5.74) is 0.172. The van der Waals surface area contributed by atoms with E-state index in [1.165, 1.54) is 24.3 Å². The zero-order valence-electron chi connectivity index (χ0n) is 20.1. The summed E-state index contributed by atoms with van der Waals surface area (Å²) in [5.74, 6) is -0.772. The minimum absolute atomic E-state index is 0.0278. The minimum Gasteiger partial charge on any atom is -0.457 e. The summed E-state index contributed by atoms with van der Waals surface area (Å²) in [4.78, 5) is 28.4. The van der Waals surface area contributed by atoms with Gasteiger partial charge < -0.3 is 10.1 Å². The summed E-state index contributed by atoms with van der Waals surface area (Å²) in [7, 11) is 0. The van der Waals surface area contributed by atoms with Crippen LogP contribution in [0.25, 0.3) is 16.9 Å². The number of nitro benzene ring substituents is 1. The van der Waals surface area contributed by atoms with Crippen LogP contribution < -0.4 is 10.1 Å². The second-order valence-corrected chi connectivity index (χ2v) is 8.51. The molecule has 0 atom stereocenters. The Balaban J connectivity index is 1.52. The molecule has 0 aliphatic carbocycles. The monoisotopic (exact) mass is 533 g/mol. The highest BCUT2D eigenvalue weighted by atomic mass is 19.3. The third-order valence-electron chi connectivity index (χ3n) is 5.69. The van der Waals surface area contributed by atoms with E-state index in [9.17, 15) is 28.1 Å². The summed E-state index contributed by atoms with van der Waals surface area (Å²) in [6.07, 6.45) is -1.89. The Bertz CT molecular complexity index is 1720. The van der Waals surface area contributed by atoms with Crippen LogP contribution >= 0.6 is 0 Å². The second kappa shape index (κ2) is 10.2. The standard InChI is InChI=1S/C27H18F3N5O4/c1-15-3-2-4-20(9-15)39-21-11-18(10-19(12-21)35(37)38)32-27(36)22-14-31-34-24(25(29)30)13-23(33-26(22)34)16-5-7-17(28)8-6-16/h2-14,25H,1H3,(H,32,36). The highest BCUT2D eigenvalue weighted by Crippen LogP contribution is 2.31. The fraction of sp³-hybridized carbons (Fsp3) is 0.0741. The van der Waals surface area contributed by atoms with Gasteiger partial charge in [0.25, 0.3) is 18.0 Å². The van der Waals surface area contributed by atoms with Gasteiger partial charge in [0.15, 0.2) is 5.65 Å². The quantitative estimate of drug-likeness (QED) is 0.183. The van der Waals surface area contributed by atoms with Crippen LogP contribution in [0.4, 0.5) is 24.5 Å². The molecule has 0 radical (unpaired) electrons. The van der Waals surface area contributed by atoms with Crippen molar-refractivity contribution < 1.29 is 27.6 Å². The number of halogens is 3. The van der Waals surface area contributed by atoms with Gasteiger partial charge in [0.05, 0.1) is 28.6 Å². The van der Waals surface area contributed by atoms with Gasteiger partial charge in [-0.1, -0.05) is 12.1 Å². The molecule has 2 aromatic heterocycles. The van der Waals surface area contributed by atoms with Gasteiger partial charge in [0.1, 0.15) is 28.6 Å². The van der Waals surface area contributed by atoms with Crippen molar-refractivity contribution in [2.45, 2.75) is 13.3 Å². The van der Waals surface area contributed by atoms with Crippen molar-refractivity contribution in [3.8, 4) is 22.8 Å². The number of ether oxygens (including phenoxy) is 1. The molecule has 39 heavy (non-hydrogen) atoms. The molecule has 0 unspecified atom stereocenters. The SMILES string of the molecule is Cc1cccc(Oc2cc(NC(=O)c3cnn4c(C(F)F)cc(-c5ccc(F)cc5)nc34)cc([N+](=O)[O-])c2)c1. The van der Waals surface area contributed by atoms with E-state index >= 15 is 0 Å². The van der Waals surface area contributed by atoms with Crippen molar-refractivity contribution in [3.63, 3.8) is 0 Å². The molecular weight excluding hydrogens is 515 g/mol. The first kappa shape index (κ1) is 25.4. The normalized spacial score (nSPS) is 11.1. The third-order valence-corrected chi connectivity index (χ3v) is 5.69. The molecule has 0 aliphatic heterocycles. The van der Waals surface area contributed by atoms with E-state index in [0.717, 1.165) is 40.5 Å². The van der Waals surface area contributed by atoms with E-state index in [1.54, 1.807) is 18.2 Å². The third kappa shape index (κ3) is 5.39. The van der Waals surface area contributed by atoms with E-state index in [4.69, 9.17) is 4.74 Å². The van der Waals surface area contributed by atoms with E-state index in [-0.39, 0.29) is 34.0 Å². The van der Waals surface area contributed by atoms with Gasteiger partial charge in [-0.2, -0.15) is 5.10 Å². The van der Waals surface area contributed by atoms with Gasteiger partial charge in [0, 0.05) is 17.7 Å². The molecule has 1 amide bonds. The Morgan fingerprint density at radius 1 is 1.05 bits per heavy atom. The fourth-order valence-corrected chi connectivity index (χ4v) is 3.90. The number of non-ortho nitro benzene ring substituents is 1. The number of rotatable bonds is 7. The van der Waals surface area contributed by atoms with Gasteiger partial charge >= 0.3 is 0 Å². The molecule has 12 heteroatoms. The molecule has 0 bridgehead atoms. The molecule has 0 spiro atoms. The number of hydrogen-bond donors (Lipinski definition) is 1. The molecule has 0 aliphatic rings. The first-order valence-corrected chi connectivity index (χ1v) is 11.5. The molecule has 9 nitrogen and oxygen atoms in total. The lowest BCUT2D eigenvalue weighted by atomic mass is 10.1. The molecule has 5 rings (SSSR count).